The number of aliphatic imine (C=N–C) groups is 1. The summed E-state index contributed by atoms with van der Waals surface area (Å²) in [7, 11) is 3.08. The Morgan fingerprint density at radius 1 is 1.80 bits per heavy atom. The number of amides is 1. The third-order valence-electron chi connectivity index (χ3n) is 0.747. The van der Waals surface area contributed by atoms with Gasteiger partial charge >= 0.3 is 0 Å². The molecule has 0 spiro atoms. The fraction of sp³-hybridized carbons (Fsp3) is 0.600. The largest absolute Gasteiger partial charge is 0.363 e. The number of hydrogen-bond acceptors (Lipinski definition) is 3. The van der Waals surface area contributed by atoms with Crippen molar-refractivity contribution in [3.63, 3.8) is 0 Å². The molecule has 0 saturated carbocycles. The Kier molecular flexibility index (Phi) is 5.51. The summed E-state index contributed by atoms with van der Waals surface area (Å²) in [4.78, 5) is 14.5. The first-order valence-electron chi connectivity index (χ1n) is 2.63. The van der Waals surface area contributed by atoms with Gasteiger partial charge in [0.05, 0.1) is 0 Å². The van der Waals surface area contributed by atoms with Crippen molar-refractivity contribution in [2.75, 3.05) is 20.9 Å². The molecule has 0 aliphatic carbocycles. The molecule has 0 aromatic rings. The minimum absolute atomic E-state index is 0.183. The first kappa shape index (κ1) is 9.83. The van der Waals surface area contributed by atoms with Crippen LogP contribution < -0.4 is 5.32 Å². The third-order valence-corrected chi connectivity index (χ3v) is 1.58. The zero-order chi connectivity index (χ0) is 7.98. The van der Waals surface area contributed by atoms with Gasteiger partial charge in [-0.05, 0) is 22.6 Å². The average Bonchev–Trinajstić information content (AvgIpc) is 1.98. The molecule has 0 heterocycles. The first-order chi connectivity index (χ1) is 4.72. The van der Waals surface area contributed by atoms with Gasteiger partial charge < -0.3 is 10.1 Å². The average molecular weight is 256 g/mol. The van der Waals surface area contributed by atoms with Crippen LogP contribution in [-0.4, -0.2) is 30.5 Å². The van der Waals surface area contributed by atoms with E-state index in [1.165, 1.54) is 7.11 Å². The van der Waals surface area contributed by atoms with E-state index < -0.39 is 0 Å². The lowest BCUT2D eigenvalue weighted by Gasteiger charge is -1.95. The zero-order valence-corrected chi connectivity index (χ0v) is 8.01. The highest BCUT2D eigenvalue weighted by Crippen LogP contribution is 1.90. The quantitative estimate of drug-likeness (QED) is 0.578. The van der Waals surface area contributed by atoms with E-state index in [0.29, 0.717) is 3.72 Å². The third kappa shape index (κ3) is 3.78. The maximum absolute atomic E-state index is 10.7. The summed E-state index contributed by atoms with van der Waals surface area (Å²) in [6, 6.07) is 0. The van der Waals surface area contributed by atoms with Crippen LogP contribution in [0, 0.1) is 0 Å². The second kappa shape index (κ2) is 5.60. The van der Waals surface area contributed by atoms with Gasteiger partial charge in [-0.2, -0.15) is 0 Å². The van der Waals surface area contributed by atoms with Gasteiger partial charge in [0, 0.05) is 14.2 Å². The van der Waals surface area contributed by atoms with Gasteiger partial charge in [-0.1, -0.05) is 0 Å². The summed E-state index contributed by atoms with van der Waals surface area (Å²) in [6.07, 6.45) is 0. The van der Waals surface area contributed by atoms with Crippen molar-refractivity contribution in [2.24, 2.45) is 4.99 Å². The summed E-state index contributed by atoms with van der Waals surface area (Å²) < 4.78 is 5.04. The van der Waals surface area contributed by atoms with Crippen LogP contribution >= 0.6 is 22.6 Å². The molecule has 0 aliphatic rings. The van der Waals surface area contributed by atoms with Gasteiger partial charge in [0.25, 0.3) is 5.91 Å². The molecule has 0 aliphatic heterocycles. The molecular weight excluding hydrogens is 247 g/mol. The molecule has 0 fully saturated rings. The molecule has 1 N–H and O–H groups in total. The number of carbonyl (C=O) groups is 1. The summed E-state index contributed by atoms with van der Waals surface area (Å²) in [5, 5.41) is 2.44. The van der Waals surface area contributed by atoms with Gasteiger partial charge in [0.15, 0.2) is 3.72 Å². The Bertz CT molecular complexity index is 147. The number of methoxy groups -OCH3 is 1. The molecule has 1 amide bonds. The van der Waals surface area contributed by atoms with Crippen LogP contribution in [0.3, 0.4) is 0 Å². The van der Waals surface area contributed by atoms with Gasteiger partial charge in [-0.3, -0.25) is 4.79 Å². The molecule has 58 valence electrons. The topological polar surface area (TPSA) is 50.7 Å². The van der Waals surface area contributed by atoms with Crippen molar-refractivity contribution >= 4 is 32.2 Å². The molecule has 0 aromatic heterocycles. The molecule has 0 radical (unpaired) electrons. The number of rotatable bonds is 3. The number of nitrogens with one attached hydrogen (secondary N) is 1. The van der Waals surface area contributed by atoms with Crippen molar-refractivity contribution in [3.05, 3.63) is 0 Å². The van der Waals surface area contributed by atoms with Gasteiger partial charge in [0.1, 0.15) is 6.73 Å². The van der Waals surface area contributed by atoms with Crippen molar-refractivity contribution in [1.82, 2.24) is 5.32 Å². The fourth-order valence-corrected chi connectivity index (χ4v) is 0.705. The highest BCUT2D eigenvalue weighted by molar-refractivity contribution is 14.1. The van der Waals surface area contributed by atoms with Crippen LogP contribution in [0.1, 0.15) is 0 Å². The summed E-state index contributed by atoms with van der Waals surface area (Å²) in [6.45, 7) is 0.228. The van der Waals surface area contributed by atoms with Gasteiger partial charge in [-0.25, -0.2) is 4.99 Å². The molecule has 0 aromatic carbocycles. The Labute approximate surface area is 73.2 Å². The minimum Gasteiger partial charge on any atom is -0.363 e. The molecule has 0 rings (SSSR count). The Hall–Kier alpha value is -0.170. The predicted molar refractivity (Wildman–Crippen MR) is 47.4 cm³/mol. The number of ether oxygens (including phenoxy) is 1. The molecule has 0 atom stereocenters. The van der Waals surface area contributed by atoms with E-state index in [9.17, 15) is 4.79 Å². The van der Waals surface area contributed by atoms with E-state index in [1.54, 1.807) is 7.05 Å². The van der Waals surface area contributed by atoms with E-state index >= 15 is 0 Å². The van der Waals surface area contributed by atoms with Crippen molar-refractivity contribution < 1.29 is 9.53 Å². The summed E-state index contributed by atoms with van der Waals surface area (Å²) >= 11 is 1.85. The lowest BCUT2D eigenvalue weighted by atomic mass is 10.7. The Morgan fingerprint density at radius 3 is 2.80 bits per heavy atom. The second-order valence-corrected chi connectivity index (χ2v) is 2.47. The van der Waals surface area contributed by atoms with E-state index in [1.807, 2.05) is 22.6 Å². The molecular formula is C5H9IN2O2. The van der Waals surface area contributed by atoms with Gasteiger partial charge in [-0.15, -0.1) is 0 Å². The maximum atomic E-state index is 10.7. The molecule has 0 unspecified atom stereocenters. The monoisotopic (exact) mass is 256 g/mol. The predicted octanol–water partition coefficient (Wildman–Crippen LogP) is 0.170. The van der Waals surface area contributed by atoms with E-state index in [-0.39, 0.29) is 12.6 Å². The van der Waals surface area contributed by atoms with Crippen molar-refractivity contribution in [1.29, 1.82) is 0 Å². The normalized spacial score (nSPS) is 11.3. The lowest BCUT2D eigenvalue weighted by Crippen LogP contribution is -2.23. The number of hydrogen-bond donors (Lipinski definition) is 1. The van der Waals surface area contributed by atoms with Crippen molar-refractivity contribution in [2.45, 2.75) is 0 Å². The highest BCUT2D eigenvalue weighted by atomic mass is 127. The fourth-order valence-electron chi connectivity index (χ4n) is 0.296. The smallest absolute Gasteiger partial charge is 0.275 e. The van der Waals surface area contributed by atoms with E-state index in [0.717, 1.165) is 0 Å². The van der Waals surface area contributed by atoms with Crippen LogP contribution in [0.4, 0.5) is 0 Å². The second-order valence-electron chi connectivity index (χ2n) is 1.45. The SMILES string of the molecule is CNC(=O)/C(I)=N/COC. The Morgan fingerprint density at radius 2 is 2.40 bits per heavy atom. The van der Waals surface area contributed by atoms with Crippen LogP contribution in [0.25, 0.3) is 0 Å². The van der Waals surface area contributed by atoms with E-state index in [4.69, 9.17) is 0 Å². The molecule has 4 nitrogen and oxygen atoms in total. The van der Waals surface area contributed by atoms with Crippen LogP contribution in [0.15, 0.2) is 4.99 Å². The molecule has 0 bridgehead atoms. The van der Waals surface area contributed by atoms with Crippen molar-refractivity contribution in [3.8, 4) is 0 Å². The Balaban J connectivity index is 3.80. The van der Waals surface area contributed by atoms with Crippen LogP contribution in [0.5, 0.6) is 0 Å². The number of halogens is 1. The minimum atomic E-state index is -0.183. The zero-order valence-electron chi connectivity index (χ0n) is 5.85. The molecule has 0 saturated heterocycles. The number of nitrogens with zero attached hydrogens (tertiary/aromatic N) is 1. The standard InChI is InChI=1S/C5H9IN2O2/c1-7-5(9)4(6)8-3-10-2/h3H2,1-2H3,(H,7,9)/b8-4-. The molecule has 10 heavy (non-hydrogen) atoms. The number of carbonyl (C=O) groups excluding carboxylic acids is 1. The van der Waals surface area contributed by atoms with Gasteiger partial charge in [0.2, 0.25) is 0 Å². The lowest BCUT2D eigenvalue weighted by molar-refractivity contribution is -0.114. The highest BCUT2D eigenvalue weighted by Gasteiger charge is 2.01. The molecule has 5 heteroatoms. The van der Waals surface area contributed by atoms with E-state index in [2.05, 4.69) is 15.0 Å². The summed E-state index contributed by atoms with van der Waals surface area (Å²) in [5.74, 6) is -0.183. The summed E-state index contributed by atoms with van der Waals surface area (Å²) in [5.41, 5.74) is 0. The van der Waals surface area contributed by atoms with Crippen LogP contribution in [-0.2, 0) is 9.53 Å². The maximum Gasteiger partial charge on any atom is 0.275 e. The first-order valence-corrected chi connectivity index (χ1v) is 3.71. The van der Waals surface area contributed by atoms with Crippen LogP contribution in [0.2, 0.25) is 0 Å².